The second kappa shape index (κ2) is 5.59. The van der Waals surface area contributed by atoms with Gasteiger partial charge in [0.1, 0.15) is 11.5 Å². The number of nitrogens with one attached hydrogen (secondary N) is 1. The van der Waals surface area contributed by atoms with E-state index in [1.807, 2.05) is 6.07 Å². The van der Waals surface area contributed by atoms with Crippen LogP contribution in [0.1, 0.15) is 37.7 Å². The zero-order valence-electron chi connectivity index (χ0n) is 13.0. The maximum absolute atomic E-state index is 14.6. The highest BCUT2D eigenvalue weighted by molar-refractivity contribution is 5.16. The van der Waals surface area contributed by atoms with Crippen molar-refractivity contribution < 1.29 is 8.78 Å². The Hall–Kier alpha value is -0.960. The highest BCUT2D eigenvalue weighted by Crippen LogP contribution is 2.59. The van der Waals surface area contributed by atoms with E-state index >= 15 is 0 Å². The number of rotatable bonds is 5. The van der Waals surface area contributed by atoms with Gasteiger partial charge in [0, 0.05) is 0 Å². The zero-order valence-corrected chi connectivity index (χ0v) is 13.0. The van der Waals surface area contributed by atoms with Crippen molar-refractivity contribution in [3.63, 3.8) is 0 Å². The summed E-state index contributed by atoms with van der Waals surface area (Å²) in [4.78, 5) is 0. The smallest absolute Gasteiger partial charge is 0.123 e. The molecule has 4 aliphatic carbocycles. The summed E-state index contributed by atoms with van der Waals surface area (Å²) >= 11 is 0. The van der Waals surface area contributed by atoms with Crippen molar-refractivity contribution in [2.75, 3.05) is 13.1 Å². The lowest BCUT2D eigenvalue weighted by molar-refractivity contribution is -0.108. The van der Waals surface area contributed by atoms with Crippen LogP contribution in [0.15, 0.2) is 24.3 Å². The fourth-order valence-electron chi connectivity index (χ4n) is 5.56. The fourth-order valence-corrected chi connectivity index (χ4v) is 5.56. The van der Waals surface area contributed by atoms with Crippen LogP contribution in [0.5, 0.6) is 0 Å². The Kier molecular flexibility index (Phi) is 3.72. The van der Waals surface area contributed by atoms with E-state index in [1.54, 1.807) is 12.1 Å². The lowest BCUT2D eigenvalue weighted by Crippen LogP contribution is -2.54. The van der Waals surface area contributed by atoms with Gasteiger partial charge in [0.15, 0.2) is 0 Å². The Morgan fingerprint density at radius 1 is 1.14 bits per heavy atom. The van der Waals surface area contributed by atoms with Crippen molar-refractivity contribution >= 4 is 0 Å². The summed E-state index contributed by atoms with van der Waals surface area (Å²) in [5, 5.41) is 3.55. The van der Waals surface area contributed by atoms with E-state index in [0.29, 0.717) is 23.7 Å². The van der Waals surface area contributed by atoms with E-state index < -0.39 is 5.67 Å². The quantitative estimate of drug-likeness (QED) is 0.807. The highest BCUT2D eigenvalue weighted by Gasteiger charge is 2.55. The predicted octanol–water partition coefficient (Wildman–Crippen LogP) is 4.12. The summed E-state index contributed by atoms with van der Waals surface area (Å²) in [7, 11) is 0. The minimum atomic E-state index is -0.825. The first kappa shape index (κ1) is 14.6. The first-order valence-corrected chi connectivity index (χ1v) is 8.75. The first-order valence-electron chi connectivity index (χ1n) is 8.75. The van der Waals surface area contributed by atoms with Crippen molar-refractivity contribution in [1.29, 1.82) is 0 Å². The molecule has 4 bridgehead atoms. The van der Waals surface area contributed by atoms with Crippen molar-refractivity contribution in [2.45, 2.75) is 44.2 Å². The number of hydrogen-bond acceptors (Lipinski definition) is 1. The van der Waals surface area contributed by atoms with E-state index in [4.69, 9.17) is 0 Å². The second-order valence-electron chi connectivity index (χ2n) is 7.87. The normalized spacial score (nSPS) is 39.4. The number of alkyl halides is 1. The van der Waals surface area contributed by atoms with Crippen LogP contribution in [0.2, 0.25) is 0 Å². The summed E-state index contributed by atoms with van der Waals surface area (Å²) in [5.74, 6) is 2.35. The van der Waals surface area contributed by atoms with Gasteiger partial charge >= 0.3 is 0 Å². The molecule has 0 aromatic heterocycles. The molecule has 3 heteroatoms. The third kappa shape index (κ3) is 2.80. The molecule has 2 atom stereocenters. The van der Waals surface area contributed by atoms with Crippen molar-refractivity contribution in [2.24, 2.45) is 23.7 Å². The minimum Gasteiger partial charge on any atom is -0.316 e. The van der Waals surface area contributed by atoms with Crippen LogP contribution in [0.25, 0.3) is 0 Å². The second-order valence-corrected chi connectivity index (χ2v) is 7.87. The molecule has 0 heterocycles. The van der Waals surface area contributed by atoms with E-state index in [1.165, 1.54) is 18.9 Å². The van der Waals surface area contributed by atoms with Crippen LogP contribution in [0, 0.1) is 29.5 Å². The summed E-state index contributed by atoms with van der Waals surface area (Å²) in [5.41, 5.74) is 0.217. The molecule has 1 aromatic carbocycles. The monoisotopic (exact) mass is 305 g/mol. The lowest BCUT2D eigenvalue weighted by Gasteiger charge is -2.57. The Bertz CT molecular complexity index is 528. The van der Waals surface area contributed by atoms with E-state index in [2.05, 4.69) is 5.32 Å². The van der Waals surface area contributed by atoms with Crippen molar-refractivity contribution in [3.8, 4) is 0 Å². The topological polar surface area (TPSA) is 12.0 Å². The summed E-state index contributed by atoms with van der Waals surface area (Å²) in [6.45, 7) is 1.89. The van der Waals surface area contributed by atoms with Crippen LogP contribution in [0.4, 0.5) is 8.78 Å². The molecule has 1 nitrogen and oxygen atoms in total. The van der Waals surface area contributed by atoms with Crippen molar-refractivity contribution in [1.82, 2.24) is 5.32 Å². The molecule has 0 spiro atoms. The molecule has 5 rings (SSSR count). The molecule has 4 fully saturated rings. The van der Waals surface area contributed by atoms with Crippen molar-refractivity contribution in [3.05, 3.63) is 35.6 Å². The van der Waals surface area contributed by atoms with E-state index in [9.17, 15) is 8.78 Å². The Morgan fingerprint density at radius 3 is 2.59 bits per heavy atom. The molecule has 4 aliphatic rings. The van der Waals surface area contributed by atoms with Gasteiger partial charge in [-0.2, -0.15) is 0 Å². The highest BCUT2D eigenvalue weighted by atomic mass is 19.1. The summed E-state index contributed by atoms with van der Waals surface area (Å²) in [6, 6.07) is 6.83. The van der Waals surface area contributed by atoms with Gasteiger partial charge in [-0.3, -0.25) is 0 Å². The van der Waals surface area contributed by atoms with Gasteiger partial charge in [0.05, 0.1) is 0 Å². The van der Waals surface area contributed by atoms with Gasteiger partial charge in [0.2, 0.25) is 0 Å². The molecule has 22 heavy (non-hydrogen) atoms. The number of benzene rings is 1. The fraction of sp³-hybridized carbons (Fsp3) is 0.684. The van der Waals surface area contributed by atoms with Gasteiger partial charge in [-0.05, 0) is 93.0 Å². The average Bonchev–Trinajstić information content (AvgIpc) is 2.44. The van der Waals surface area contributed by atoms with Gasteiger partial charge in [0.25, 0.3) is 0 Å². The Labute approximate surface area is 131 Å². The number of halogens is 2. The minimum absolute atomic E-state index is 0.160. The standard InChI is InChI=1S/C19H25F2N/c20-17-3-1-2-13(8-17)4-5-22-12-18-15-6-14-7-16(18)11-19(21,9-14)10-15/h1-3,8,14-16,18,22H,4-7,9-12H2. The summed E-state index contributed by atoms with van der Waals surface area (Å²) < 4.78 is 27.8. The Morgan fingerprint density at radius 2 is 1.91 bits per heavy atom. The SMILES string of the molecule is Fc1cccc(CCNCC2C3CC4CC2CC(F)(C4)C3)c1. The summed E-state index contributed by atoms with van der Waals surface area (Å²) in [6.07, 6.45) is 5.79. The molecule has 1 aromatic rings. The van der Waals surface area contributed by atoms with E-state index in [0.717, 1.165) is 44.3 Å². The van der Waals surface area contributed by atoms with E-state index in [-0.39, 0.29) is 5.82 Å². The molecule has 120 valence electrons. The van der Waals surface area contributed by atoms with Gasteiger partial charge in [-0.15, -0.1) is 0 Å². The molecule has 0 saturated heterocycles. The van der Waals surface area contributed by atoms with Crippen LogP contribution in [-0.4, -0.2) is 18.8 Å². The maximum atomic E-state index is 14.6. The number of hydrogen-bond donors (Lipinski definition) is 1. The van der Waals surface area contributed by atoms with Gasteiger partial charge in [-0.1, -0.05) is 12.1 Å². The zero-order chi connectivity index (χ0) is 15.2. The maximum Gasteiger partial charge on any atom is 0.123 e. The van der Waals surface area contributed by atoms with Gasteiger partial charge < -0.3 is 5.32 Å². The molecular formula is C19H25F2N. The molecule has 1 N–H and O–H groups in total. The molecule has 0 radical (unpaired) electrons. The molecule has 4 saturated carbocycles. The average molecular weight is 305 g/mol. The lowest BCUT2D eigenvalue weighted by atomic mass is 9.50. The van der Waals surface area contributed by atoms with Crippen LogP contribution < -0.4 is 5.32 Å². The van der Waals surface area contributed by atoms with Crippen LogP contribution >= 0.6 is 0 Å². The largest absolute Gasteiger partial charge is 0.316 e. The Balaban J connectivity index is 1.28. The molecule has 2 unspecified atom stereocenters. The third-order valence-electron chi connectivity index (χ3n) is 6.25. The predicted molar refractivity (Wildman–Crippen MR) is 83.9 cm³/mol. The first-order chi connectivity index (χ1) is 10.6. The molecular weight excluding hydrogens is 280 g/mol. The van der Waals surface area contributed by atoms with Crippen LogP contribution in [-0.2, 0) is 6.42 Å². The third-order valence-corrected chi connectivity index (χ3v) is 6.25. The van der Waals surface area contributed by atoms with Crippen LogP contribution in [0.3, 0.4) is 0 Å². The molecule has 0 aliphatic heterocycles. The van der Waals surface area contributed by atoms with Gasteiger partial charge in [-0.25, -0.2) is 8.78 Å². The molecule has 0 amide bonds.